The highest BCUT2D eigenvalue weighted by Gasteiger charge is 2.45. The van der Waals surface area contributed by atoms with Gasteiger partial charge < -0.3 is 20.5 Å². The number of benzene rings is 1. The number of anilines is 2. The number of halogens is 4. The van der Waals surface area contributed by atoms with E-state index in [4.69, 9.17) is 22.1 Å². The van der Waals surface area contributed by atoms with Crippen LogP contribution in [0.1, 0.15) is 30.1 Å². The van der Waals surface area contributed by atoms with Gasteiger partial charge in [-0.25, -0.2) is 22.9 Å². The average Bonchev–Trinajstić information content (AvgIpc) is 3.38. The van der Waals surface area contributed by atoms with E-state index in [1.165, 1.54) is 6.92 Å². The van der Waals surface area contributed by atoms with Crippen molar-refractivity contribution in [1.82, 2.24) is 9.55 Å². The number of esters is 1. The Morgan fingerprint density at radius 3 is 2.57 bits per heavy atom. The topological polar surface area (TPSA) is 128 Å². The Morgan fingerprint density at radius 2 is 1.89 bits per heavy atom. The number of hydrogen-bond donors (Lipinski definition) is 2. The zero-order valence-electron chi connectivity index (χ0n) is 19.3. The first-order valence-corrected chi connectivity index (χ1v) is 11.7. The fourth-order valence-corrected chi connectivity index (χ4v) is 5.81. The Hall–Kier alpha value is -3.80. The number of ether oxygens (including phenoxy) is 1. The number of carboxylic acid groups (broad SMARTS) is 1. The molecule has 5 rings (SSSR count). The molecule has 0 bridgehead atoms. The number of nitrogens with two attached hydrogens (primary N) is 1. The molecule has 0 radical (unpaired) electrons. The highest BCUT2D eigenvalue weighted by atomic mass is 35.5. The third kappa shape index (κ3) is 4.05. The summed E-state index contributed by atoms with van der Waals surface area (Å²) >= 11 is 6.66. The van der Waals surface area contributed by atoms with Gasteiger partial charge in [0.25, 0.3) is 0 Å². The minimum Gasteiger partial charge on any atom is -0.477 e. The number of hydrogen-bond acceptors (Lipinski definition) is 7. The Bertz CT molecular complexity index is 1550. The SMILES string of the molecule is CC(=O)OC1CCC2CN(c3c(F)cc4c(=O)c(C(=O)O)cn(-c5nc(N)c(F)cc5F)c4c3Cl)CC21. The van der Waals surface area contributed by atoms with Gasteiger partial charge in [-0.15, -0.1) is 0 Å². The van der Waals surface area contributed by atoms with Gasteiger partial charge in [0.2, 0.25) is 5.43 Å². The smallest absolute Gasteiger partial charge is 0.341 e. The average molecular weight is 537 g/mol. The first-order valence-electron chi connectivity index (χ1n) is 11.3. The van der Waals surface area contributed by atoms with E-state index in [0.29, 0.717) is 25.6 Å². The highest BCUT2D eigenvalue weighted by Crippen LogP contribution is 2.45. The van der Waals surface area contributed by atoms with Crippen molar-refractivity contribution in [2.45, 2.75) is 25.9 Å². The van der Waals surface area contributed by atoms with Gasteiger partial charge in [-0.05, 0) is 24.8 Å². The molecule has 0 amide bonds. The number of aromatic carboxylic acids is 1. The first-order chi connectivity index (χ1) is 17.5. The van der Waals surface area contributed by atoms with Crippen LogP contribution < -0.4 is 16.1 Å². The van der Waals surface area contributed by atoms with E-state index in [0.717, 1.165) is 23.3 Å². The van der Waals surface area contributed by atoms with Gasteiger partial charge in [0.15, 0.2) is 23.3 Å². The lowest BCUT2D eigenvalue weighted by atomic mass is 9.99. The van der Waals surface area contributed by atoms with Crippen LogP contribution in [0.5, 0.6) is 0 Å². The van der Waals surface area contributed by atoms with Gasteiger partial charge in [0.1, 0.15) is 17.5 Å². The first kappa shape index (κ1) is 24.9. The minimum absolute atomic E-state index is 0.0670. The molecule has 3 aromatic rings. The van der Waals surface area contributed by atoms with Crippen LogP contribution in [0.25, 0.3) is 16.7 Å². The second-order valence-electron chi connectivity index (χ2n) is 9.18. The van der Waals surface area contributed by atoms with E-state index in [-0.39, 0.29) is 34.2 Å². The fraction of sp³-hybridized carbons (Fsp3) is 0.333. The lowest BCUT2D eigenvalue weighted by Crippen LogP contribution is -2.28. The maximum atomic E-state index is 15.5. The van der Waals surface area contributed by atoms with Crippen LogP contribution in [0.2, 0.25) is 5.02 Å². The molecule has 2 aromatic heterocycles. The Balaban J connectivity index is 1.72. The van der Waals surface area contributed by atoms with Gasteiger partial charge in [0, 0.05) is 38.2 Å². The predicted octanol–water partition coefficient (Wildman–Crippen LogP) is 3.51. The molecule has 3 atom stereocenters. The maximum Gasteiger partial charge on any atom is 0.341 e. The van der Waals surface area contributed by atoms with Gasteiger partial charge in [0.05, 0.1) is 21.6 Å². The third-order valence-corrected chi connectivity index (χ3v) is 7.34. The maximum absolute atomic E-state index is 15.5. The fourth-order valence-electron chi connectivity index (χ4n) is 5.41. The number of fused-ring (bicyclic) bond motifs is 2. The number of rotatable bonds is 4. The molecule has 2 aliphatic rings. The van der Waals surface area contributed by atoms with E-state index in [2.05, 4.69) is 4.98 Å². The highest BCUT2D eigenvalue weighted by molar-refractivity contribution is 6.38. The molecule has 3 N–H and O–H groups in total. The molecular formula is C24H20ClF3N4O5. The largest absolute Gasteiger partial charge is 0.477 e. The number of carbonyl (C=O) groups excluding carboxylic acids is 1. The number of aromatic nitrogens is 2. The van der Waals surface area contributed by atoms with Crippen LogP contribution in [0, 0.1) is 29.3 Å². The molecule has 37 heavy (non-hydrogen) atoms. The second-order valence-corrected chi connectivity index (χ2v) is 9.56. The molecule has 2 fully saturated rings. The van der Waals surface area contributed by atoms with Crippen LogP contribution in [-0.4, -0.2) is 45.8 Å². The summed E-state index contributed by atoms with van der Waals surface area (Å²) in [4.78, 5) is 41.5. The predicted molar refractivity (Wildman–Crippen MR) is 128 cm³/mol. The summed E-state index contributed by atoms with van der Waals surface area (Å²) in [6, 6.07) is 1.29. The summed E-state index contributed by atoms with van der Waals surface area (Å²) in [6.07, 6.45) is 1.90. The number of pyridine rings is 2. The van der Waals surface area contributed by atoms with Crippen molar-refractivity contribution < 1.29 is 32.6 Å². The van der Waals surface area contributed by atoms with Crippen LogP contribution >= 0.6 is 11.6 Å². The molecule has 1 aliphatic heterocycles. The van der Waals surface area contributed by atoms with Crippen LogP contribution in [0.4, 0.5) is 24.7 Å². The van der Waals surface area contributed by atoms with E-state index in [9.17, 15) is 28.3 Å². The van der Waals surface area contributed by atoms with Crippen molar-refractivity contribution in [3.05, 3.63) is 56.6 Å². The number of carbonyl (C=O) groups is 2. The number of nitrogens with zero attached hydrogens (tertiary/aromatic N) is 3. The molecular weight excluding hydrogens is 517 g/mol. The van der Waals surface area contributed by atoms with Gasteiger partial charge in [-0.2, -0.15) is 0 Å². The quantitative estimate of drug-likeness (QED) is 0.485. The summed E-state index contributed by atoms with van der Waals surface area (Å²) in [7, 11) is 0. The summed E-state index contributed by atoms with van der Waals surface area (Å²) in [5.74, 6) is -6.58. The van der Waals surface area contributed by atoms with Crippen LogP contribution in [-0.2, 0) is 9.53 Å². The normalized spacial score (nSPS) is 20.9. The zero-order valence-corrected chi connectivity index (χ0v) is 20.1. The van der Waals surface area contributed by atoms with E-state index in [1.807, 2.05) is 0 Å². The van der Waals surface area contributed by atoms with E-state index >= 15 is 4.39 Å². The van der Waals surface area contributed by atoms with Crippen molar-refractivity contribution >= 4 is 45.9 Å². The van der Waals surface area contributed by atoms with Gasteiger partial charge >= 0.3 is 11.9 Å². The minimum atomic E-state index is -1.65. The molecule has 1 saturated carbocycles. The standard InChI is InChI=1S/C24H20ClF3N4O5/c1-9(33)37-17-3-2-10-6-31(7-12(10)17)20-14(26)4-11-19(18(20)25)32(8-13(21(11)34)24(35)36)23-16(28)5-15(27)22(29)30-23/h4-5,8,10,12,17H,2-3,6-7H2,1H3,(H2,29,30)(H,35,36). The molecule has 194 valence electrons. The number of nitrogen functional groups attached to an aromatic ring is 1. The summed E-state index contributed by atoms with van der Waals surface area (Å²) in [5.41, 5.74) is 3.35. The van der Waals surface area contributed by atoms with Crippen LogP contribution in [0.15, 0.2) is 23.1 Å². The molecule has 3 unspecified atom stereocenters. The summed E-state index contributed by atoms with van der Waals surface area (Å²) < 4.78 is 50.4. The lowest BCUT2D eigenvalue weighted by Gasteiger charge is -2.25. The second kappa shape index (κ2) is 8.94. The van der Waals surface area contributed by atoms with Crippen molar-refractivity contribution in [1.29, 1.82) is 0 Å². The van der Waals surface area contributed by atoms with E-state index in [1.54, 1.807) is 4.90 Å². The lowest BCUT2D eigenvalue weighted by molar-refractivity contribution is -0.147. The molecule has 1 saturated heterocycles. The summed E-state index contributed by atoms with van der Waals surface area (Å²) in [5, 5.41) is 8.79. The van der Waals surface area contributed by atoms with Crippen molar-refractivity contribution in [3.8, 4) is 5.82 Å². The molecule has 1 aliphatic carbocycles. The summed E-state index contributed by atoms with van der Waals surface area (Å²) in [6.45, 7) is 2.01. The van der Waals surface area contributed by atoms with Crippen molar-refractivity contribution in [2.24, 2.45) is 11.8 Å². The van der Waals surface area contributed by atoms with E-state index < -0.39 is 57.4 Å². The monoisotopic (exact) mass is 536 g/mol. The Morgan fingerprint density at radius 1 is 1.16 bits per heavy atom. The molecule has 1 aromatic carbocycles. The van der Waals surface area contributed by atoms with Gasteiger partial charge in [-0.3, -0.25) is 14.2 Å². The van der Waals surface area contributed by atoms with Crippen molar-refractivity contribution in [2.75, 3.05) is 23.7 Å². The molecule has 13 heteroatoms. The molecule has 3 heterocycles. The molecule has 9 nitrogen and oxygen atoms in total. The zero-order chi connectivity index (χ0) is 26.8. The Labute approximate surface area is 212 Å². The Kier molecular flexibility index (Phi) is 6.01. The molecule has 0 spiro atoms. The third-order valence-electron chi connectivity index (χ3n) is 6.98. The number of carboxylic acids is 1. The van der Waals surface area contributed by atoms with Crippen molar-refractivity contribution in [3.63, 3.8) is 0 Å². The van der Waals surface area contributed by atoms with Crippen LogP contribution in [0.3, 0.4) is 0 Å². The van der Waals surface area contributed by atoms with Gasteiger partial charge in [-0.1, -0.05) is 11.6 Å².